The first-order valence-corrected chi connectivity index (χ1v) is 8.66. The van der Waals surface area contributed by atoms with E-state index in [1.54, 1.807) is 17.1 Å². The van der Waals surface area contributed by atoms with E-state index < -0.39 is 0 Å². The predicted molar refractivity (Wildman–Crippen MR) is 103 cm³/mol. The van der Waals surface area contributed by atoms with Crippen molar-refractivity contribution in [2.45, 2.75) is 19.8 Å². The van der Waals surface area contributed by atoms with Crippen LogP contribution in [-0.4, -0.2) is 44.4 Å². The normalized spacial score (nSPS) is 17.1. The van der Waals surface area contributed by atoms with Crippen LogP contribution in [0, 0.1) is 12.8 Å². The highest BCUT2D eigenvalue weighted by Crippen LogP contribution is 2.28. The van der Waals surface area contributed by atoms with Gasteiger partial charge in [0.15, 0.2) is 5.52 Å². The van der Waals surface area contributed by atoms with Crippen LogP contribution in [0.15, 0.2) is 24.7 Å². The largest absolute Gasteiger partial charge is 0.476 e. The first kappa shape index (κ1) is 18.5. The van der Waals surface area contributed by atoms with E-state index in [2.05, 4.69) is 20.4 Å². The average molecular weight is 375 g/mol. The molecule has 0 radical (unpaired) electrons. The van der Waals surface area contributed by atoms with Gasteiger partial charge < -0.3 is 10.1 Å². The van der Waals surface area contributed by atoms with E-state index in [1.807, 2.05) is 26.2 Å². The van der Waals surface area contributed by atoms with Crippen LogP contribution in [0.1, 0.15) is 18.5 Å². The number of ether oxygens (including phenoxy) is 1. The van der Waals surface area contributed by atoms with Gasteiger partial charge >= 0.3 is 0 Å². The fourth-order valence-electron chi connectivity index (χ4n) is 3.30. The summed E-state index contributed by atoms with van der Waals surface area (Å²) in [5.74, 6) is 1.06. The maximum absolute atomic E-state index is 6.09. The SMILES string of the molecule is Cc1nn(C)cc1-c1cc2nccnc2c(OC[C@H]2CCCNC2)n1.Cl. The topological polar surface area (TPSA) is 77.8 Å². The average Bonchev–Trinajstić information content (AvgIpc) is 2.98. The summed E-state index contributed by atoms with van der Waals surface area (Å²) in [4.78, 5) is 13.6. The minimum Gasteiger partial charge on any atom is -0.476 e. The number of rotatable bonds is 4. The van der Waals surface area contributed by atoms with Crippen molar-refractivity contribution in [1.29, 1.82) is 0 Å². The van der Waals surface area contributed by atoms with Gasteiger partial charge in [0.2, 0.25) is 5.88 Å². The number of halogens is 1. The summed E-state index contributed by atoms with van der Waals surface area (Å²) in [6.45, 7) is 4.71. The van der Waals surface area contributed by atoms with E-state index in [1.165, 1.54) is 12.8 Å². The molecular formula is C18H23ClN6O. The van der Waals surface area contributed by atoms with Gasteiger partial charge in [0.05, 0.1) is 23.5 Å². The lowest BCUT2D eigenvalue weighted by atomic mass is 10.0. The Morgan fingerprint density at radius 3 is 2.88 bits per heavy atom. The Bertz CT molecular complexity index is 891. The molecule has 1 aliphatic heterocycles. The number of aromatic nitrogens is 5. The molecule has 0 aromatic carbocycles. The molecular weight excluding hydrogens is 352 g/mol. The zero-order chi connectivity index (χ0) is 17.2. The summed E-state index contributed by atoms with van der Waals surface area (Å²) < 4.78 is 7.88. The number of hydrogen-bond donors (Lipinski definition) is 1. The Kier molecular flexibility index (Phi) is 5.68. The molecule has 0 spiro atoms. The first-order valence-electron chi connectivity index (χ1n) is 8.66. The standard InChI is InChI=1S/C18H22N6O.ClH/c1-12-14(10-24(2)23-12)15-8-16-17(21-7-6-20-16)18(22-15)25-11-13-4-3-5-19-9-13;/h6-8,10,13,19H,3-5,9,11H2,1-2H3;1H/t13-;/m0./s1. The number of aryl methyl sites for hydroxylation is 2. The van der Waals surface area contributed by atoms with Crippen LogP contribution in [0.25, 0.3) is 22.3 Å². The quantitative estimate of drug-likeness (QED) is 0.756. The fraction of sp³-hybridized carbons (Fsp3) is 0.444. The van der Waals surface area contributed by atoms with Crippen LogP contribution >= 0.6 is 12.4 Å². The Balaban J connectivity index is 0.00000196. The molecule has 26 heavy (non-hydrogen) atoms. The van der Waals surface area contributed by atoms with Crippen LogP contribution in [0.2, 0.25) is 0 Å². The van der Waals surface area contributed by atoms with Crippen molar-refractivity contribution in [3.05, 3.63) is 30.4 Å². The van der Waals surface area contributed by atoms with Crippen LogP contribution in [0.3, 0.4) is 0 Å². The predicted octanol–water partition coefficient (Wildman–Crippen LogP) is 2.53. The third kappa shape index (κ3) is 3.78. The van der Waals surface area contributed by atoms with Crippen LogP contribution in [0.5, 0.6) is 5.88 Å². The second-order valence-corrected chi connectivity index (χ2v) is 6.56. The zero-order valence-corrected chi connectivity index (χ0v) is 15.8. The lowest BCUT2D eigenvalue weighted by Gasteiger charge is -2.22. The smallest absolute Gasteiger partial charge is 0.242 e. The van der Waals surface area contributed by atoms with Crippen LogP contribution in [0.4, 0.5) is 0 Å². The van der Waals surface area contributed by atoms with Gasteiger partial charge in [0, 0.05) is 43.7 Å². The lowest BCUT2D eigenvalue weighted by Crippen LogP contribution is -2.33. The molecule has 0 saturated carbocycles. The van der Waals surface area contributed by atoms with Crippen LogP contribution < -0.4 is 10.1 Å². The van der Waals surface area contributed by atoms with Crippen molar-refractivity contribution in [3.63, 3.8) is 0 Å². The Hall–Kier alpha value is -2.25. The lowest BCUT2D eigenvalue weighted by molar-refractivity contribution is 0.214. The zero-order valence-electron chi connectivity index (χ0n) is 15.0. The Morgan fingerprint density at radius 2 is 2.15 bits per heavy atom. The highest BCUT2D eigenvalue weighted by atomic mass is 35.5. The fourth-order valence-corrected chi connectivity index (χ4v) is 3.30. The monoisotopic (exact) mass is 374 g/mol. The summed E-state index contributed by atoms with van der Waals surface area (Å²) in [7, 11) is 1.91. The highest BCUT2D eigenvalue weighted by Gasteiger charge is 2.17. The van der Waals surface area contributed by atoms with E-state index in [4.69, 9.17) is 9.72 Å². The van der Waals surface area contributed by atoms with Crippen molar-refractivity contribution in [3.8, 4) is 17.1 Å². The molecule has 0 unspecified atom stereocenters. The number of piperidine rings is 1. The van der Waals surface area contributed by atoms with Gasteiger partial charge in [0.25, 0.3) is 0 Å². The summed E-state index contributed by atoms with van der Waals surface area (Å²) in [6.07, 6.45) is 7.70. The summed E-state index contributed by atoms with van der Waals surface area (Å²) >= 11 is 0. The Morgan fingerprint density at radius 1 is 1.31 bits per heavy atom. The van der Waals surface area contributed by atoms with Crippen molar-refractivity contribution >= 4 is 23.4 Å². The van der Waals surface area contributed by atoms with E-state index >= 15 is 0 Å². The molecule has 3 aromatic heterocycles. The maximum atomic E-state index is 6.09. The molecule has 1 N–H and O–H groups in total. The Labute approximate surface area is 158 Å². The van der Waals surface area contributed by atoms with Gasteiger partial charge in [-0.25, -0.2) is 9.97 Å². The van der Waals surface area contributed by atoms with E-state index in [0.717, 1.165) is 35.6 Å². The molecule has 138 valence electrons. The maximum Gasteiger partial charge on any atom is 0.242 e. The summed E-state index contributed by atoms with van der Waals surface area (Å²) in [5, 5.41) is 7.82. The molecule has 1 fully saturated rings. The summed E-state index contributed by atoms with van der Waals surface area (Å²) in [5.41, 5.74) is 4.22. The summed E-state index contributed by atoms with van der Waals surface area (Å²) in [6, 6.07) is 1.95. The highest BCUT2D eigenvalue weighted by molar-refractivity contribution is 5.85. The molecule has 0 amide bonds. The third-order valence-corrected chi connectivity index (χ3v) is 4.57. The van der Waals surface area contributed by atoms with Crippen molar-refractivity contribution in [1.82, 2.24) is 30.0 Å². The molecule has 4 heterocycles. The van der Waals surface area contributed by atoms with Gasteiger partial charge in [-0.05, 0) is 32.4 Å². The van der Waals surface area contributed by atoms with E-state index in [-0.39, 0.29) is 12.4 Å². The molecule has 1 saturated heterocycles. The van der Waals surface area contributed by atoms with E-state index in [9.17, 15) is 0 Å². The molecule has 0 bridgehead atoms. The van der Waals surface area contributed by atoms with Crippen LogP contribution in [-0.2, 0) is 7.05 Å². The van der Waals surface area contributed by atoms with Gasteiger partial charge in [-0.1, -0.05) is 0 Å². The second-order valence-electron chi connectivity index (χ2n) is 6.56. The molecule has 3 aromatic rings. The minimum atomic E-state index is 0. The molecule has 7 nitrogen and oxygen atoms in total. The molecule has 1 atom stereocenters. The second kappa shape index (κ2) is 7.97. The van der Waals surface area contributed by atoms with Crippen molar-refractivity contribution in [2.75, 3.05) is 19.7 Å². The van der Waals surface area contributed by atoms with Gasteiger partial charge in [-0.3, -0.25) is 9.67 Å². The third-order valence-electron chi connectivity index (χ3n) is 4.57. The minimum absolute atomic E-state index is 0. The van der Waals surface area contributed by atoms with Gasteiger partial charge in [0.1, 0.15) is 0 Å². The van der Waals surface area contributed by atoms with Crippen molar-refractivity contribution in [2.24, 2.45) is 13.0 Å². The number of fused-ring (bicyclic) bond motifs is 1. The number of nitrogens with zero attached hydrogens (tertiary/aromatic N) is 5. The molecule has 8 heteroatoms. The van der Waals surface area contributed by atoms with E-state index in [0.29, 0.717) is 23.9 Å². The molecule has 0 aliphatic carbocycles. The molecule has 1 aliphatic rings. The number of pyridine rings is 1. The van der Waals surface area contributed by atoms with Crippen molar-refractivity contribution < 1.29 is 4.74 Å². The number of nitrogens with one attached hydrogen (secondary N) is 1. The first-order chi connectivity index (χ1) is 12.2. The number of hydrogen-bond acceptors (Lipinski definition) is 6. The van der Waals surface area contributed by atoms with Gasteiger partial charge in [-0.15, -0.1) is 12.4 Å². The van der Waals surface area contributed by atoms with Gasteiger partial charge in [-0.2, -0.15) is 5.10 Å². The molecule has 4 rings (SSSR count).